The lowest BCUT2D eigenvalue weighted by Crippen LogP contribution is -2.45. The van der Waals surface area contributed by atoms with Gasteiger partial charge in [-0.15, -0.1) is 24.0 Å². The molecule has 1 heterocycles. The van der Waals surface area contributed by atoms with E-state index in [9.17, 15) is 8.78 Å². The van der Waals surface area contributed by atoms with Crippen LogP contribution in [0.2, 0.25) is 0 Å². The Kier molecular flexibility index (Phi) is 11.6. The number of aliphatic imine (C=N–C) groups is 1. The standard InChI is InChI=1S/C19H31F2N5O.HI/c1-22-19(23-8-4-9-25(2)11-12-27-3)24-16-7-10-26(14-16)18-6-5-15(20)13-17(18)21;/h5-6,13,16H,4,7-12,14H2,1-3H3,(H2,22,23,24);1H. The monoisotopic (exact) mass is 511 g/mol. The first-order chi connectivity index (χ1) is 13.0. The highest BCUT2D eigenvalue weighted by Crippen LogP contribution is 2.24. The molecule has 1 fully saturated rings. The van der Waals surface area contributed by atoms with E-state index < -0.39 is 11.6 Å². The summed E-state index contributed by atoms with van der Waals surface area (Å²) in [6, 6.07) is 3.90. The maximum absolute atomic E-state index is 14.0. The second-order valence-electron chi connectivity index (χ2n) is 6.82. The molecule has 1 aliphatic heterocycles. The molecule has 0 amide bonds. The summed E-state index contributed by atoms with van der Waals surface area (Å²) < 4.78 is 32.1. The summed E-state index contributed by atoms with van der Waals surface area (Å²) >= 11 is 0. The third-order valence-electron chi connectivity index (χ3n) is 4.69. The average molecular weight is 511 g/mol. The Bertz CT molecular complexity index is 620. The molecule has 9 heteroatoms. The van der Waals surface area contributed by atoms with Crippen molar-refractivity contribution in [1.82, 2.24) is 15.5 Å². The fraction of sp³-hybridized carbons (Fsp3) is 0.632. The van der Waals surface area contributed by atoms with E-state index in [-0.39, 0.29) is 30.0 Å². The van der Waals surface area contributed by atoms with Crippen molar-refractivity contribution in [3.05, 3.63) is 29.8 Å². The first kappa shape index (κ1) is 24.8. The number of methoxy groups -OCH3 is 1. The Morgan fingerprint density at radius 1 is 1.36 bits per heavy atom. The molecular weight excluding hydrogens is 479 g/mol. The van der Waals surface area contributed by atoms with E-state index in [0.717, 1.165) is 57.7 Å². The highest BCUT2D eigenvalue weighted by molar-refractivity contribution is 14.0. The SMILES string of the molecule is CN=C(NCCCN(C)CCOC)NC1CCN(c2ccc(F)cc2F)C1.I. The lowest BCUT2D eigenvalue weighted by Gasteiger charge is -2.21. The molecule has 1 unspecified atom stereocenters. The van der Waals surface area contributed by atoms with E-state index in [4.69, 9.17) is 4.74 Å². The maximum atomic E-state index is 14.0. The molecule has 0 aromatic heterocycles. The van der Waals surface area contributed by atoms with Crippen LogP contribution in [0.5, 0.6) is 0 Å². The van der Waals surface area contributed by atoms with Crippen molar-refractivity contribution >= 4 is 35.6 Å². The summed E-state index contributed by atoms with van der Waals surface area (Å²) in [6.45, 7) is 4.83. The van der Waals surface area contributed by atoms with Crippen LogP contribution in [-0.4, -0.2) is 77.4 Å². The van der Waals surface area contributed by atoms with Gasteiger partial charge in [-0.3, -0.25) is 4.99 Å². The van der Waals surface area contributed by atoms with Gasteiger partial charge in [0.15, 0.2) is 5.96 Å². The number of halogens is 3. The zero-order valence-electron chi connectivity index (χ0n) is 16.9. The Labute approximate surface area is 183 Å². The number of nitrogens with one attached hydrogen (secondary N) is 2. The second kappa shape index (κ2) is 13.1. The quantitative estimate of drug-likeness (QED) is 0.231. The molecule has 28 heavy (non-hydrogen) atoms. The van der Waals surface area contributed by atoms with Crippen LogP contribution in [-0.2, 0) is 4.74 Å². The van der Waals surface area contributed by atoms with Gasteiger partial charge in [0.1, 0.15) is 11.6 Å². The minimum absolute atomic E-state index is 0. The molecule has 1 atom stereocenters. The number of hydrogen-bond acceptors (Lipinski definition) is 4. The van der Waals surface area contributed by atoms with Crippen molar-refractivity contribution in [2.75, 3.05) is 65.4 Å². The van der Waals surface area contributed by atoms with Crippen LogP contribution in [0.15, 0.2) is 23.2 Å². The number of likely N-dealkylation sites (N-methyl/N-ethyl adjacent to an activating group) is 1. The third kappa shape index (κ3) is 8.04. The number of hydrogen-bond donors (Lipinski definition) is 2. The molecule has 2 rings (SSSR count). The average Bonchev–Trinajstić information content (AvgIpc) is 3.10. The molecule has 1 aliphatic rings. The zero-order valence-corrected chi connectivity index (χ0v) is 19.2. The summed E-state index contributed by atoms with van der Waals surface area (Å²) in [5.41, 5.74) is 0.447. The molecule has 6 nitrogen and oxygen atoms in total. The van der Waals surface area contributed by atoms with Gasteiger partial charge in [-0.05, 0) is 38.6 Å². The Balaban J connectivity index is 0.00000392. The van der Waals surface area contributed by atoms with E-state index in [0.29, 0.717) is 12.2 Å². The van der Waals surface area contributed by atoms with E-state index in [1.165, 1.54) is 12.1 Å². The van der Waals surface area contributed by atoms with E-state index in [1.807, 2.05) is 4.90 Å². The van der Waals surface area contributed by atoms with Gasteiger partial charge in [0.25, 0.3) is 0 Å². The molecular formula is C19H32F2IN5O. The van der Waals surface area contributed by atoms with Crippen molar-refractivity contribution < 1.29 is 13.5 Å². The summed E-state index contributed by atoms with van der Waals surface area (Å²) in [5, 5.41) is 6.71. The van der Waals surface area contributed by atoms with Crippen molar-refractivity contribution in [3.8, 4) is 0 Å². The van der Waals surface area contributed by atoms with Crippen LogP contribution >= 0.6 is 24.0 Å². The van der Waals surface area contributed by atoms with Gasteiger partial charge in [-0.25, -0.2) is 8.78 Å². The van der Waals surface area contributed by atoms with Crippen LogP contribution < -0.4 is 15.5 Å². The third-order valence-corrected chi connectivity index (χ3v) is 4.69. The molecule has 2 N–H and O–H groups in total. The first-order valence-electron chi connectivity index (χ1n) is 9.38. The van der Waals surface area contributed by atoms with Crippen molar-refractivity contribution in [3.63, 3.8) is 0 Å². The van der Waals surface area contributed by atoms with Crippen LogP contribution in [0.1, 0.15) is 12.8 Å². The number of anilines is 1. The minimum atomic E-state index is -0.553. The summed E-state index contributed by atoms with van der Waals surface area (Å²) in [6.07, 6.45) is 1.87. The number of ether oxygens (including phenoxy) is 1. The zero-order chi connectivity index (χ0) is 19.6. The van der Waals surface area contributed by atoms with Crippen LogP contribution in [0, 0.1) is 11.6 Å². The second-order valence-corrected chi connectivity index (χ2v) is 6.82. The fourth-order valence-corrected chi connectivity index (χ4v) is 3.14. The lowest BCUT2D eigenvalue weighted by molar-refractivity contribution is 0.161. The van der Waals surface area contributed by atoms with Gasteiger partial charge in [-0.1, -0.05) is 0 Å². The molecule has 0 radical (unpaired) electrons. The van der Waals surface area contributed by atoms with Crippen LogP contribution in [0.25, 0.3) is 0 Å². The maximum Gasteiger partial charge on any atom is 0.191 e. The number of guanidine groups is 1. The van der Waals surface area contributed by atoms with Crippen molar-refractivity contribution in [2.24, 2.45) is 4.99 Å². The van der Waals surface area contributed by atoms with E-state index in [1.54, 1.807) is 14.2 Å². The molecule has 1 aromatic carbocycles. The highest BCUT2D eigenvalue weighted by Gasteiger charge is 2.25. The molecule has 160 valence electrons. The molecule has 0 aliphatic carbocycles. The Morgan fingerprint density at radius 3 is 2.82 bits per heavy atom. The van der Waals surface area contributed by atoms with Gasteiger partial charge >= 0.3 is 0 Å². The molecule has 1 aromatic rings. The number of benzene rings is 1. The Morgan fingerprint density at radius 2 is 2.14 bits per heavy atom. The molecule has 0 bridgehead atoms. The van der Waals surface area contributed by atoms with E-state index in [2.05, 4.69) is 27.6 Å². The number of nitrogens with zero attached hydrogens (tertiary/aromatic N) is 3. The van der Waals surface area contributed by atoms with Gasteiger partial charge in [0, 0.05) is 52.4 Å². The van der Waals surface area contributed by atoms with Gasteiger partial charge < -0.3 is 25.2 Å². The highest BCUT2D eigenvalue weighted by atomic mass is 127. The summed E-state index contributed by atoms with van der Waals surface area (Å²) in [4.78, 5) is 8.43. The van der Waals surface area contributed by atoms with Gasteiger partial charge in [0.05, 0.1) is 12.3 Å². The minimum Gasteiger partial charge on any atom is -0.383 e. The van der Waals surface area contributed by atoms with E-state index >= 15 is 0 Å². The topological polar surface area (TPSA) is 52.1 Å². The molecule has 0 saturated carbocycles. The normalized spacial score (nSPS) is 17.0. The molecule has 1 saturated heterocycles. The van der Waals surface area contributed by atoms with Crippen LogP contribution in [0.4, 0.5) is 14.5 Å². The summed E-state index contributed by atoms with van der Waals surface area (Å²) in [5.74, 6) is -0.320. The van der Waals surface area contributed by atoms with Crippen molar-refractivity contribution in [1.29, 1.82) is 0 Å². The van der Waals surface area contributed by atoms with Crippen LogP contribution in [0.3, 0.4) is 0 Å². The van der Waals surface area contributed by atoms with Gasteiger partial charge in [-0.2, -0.15) is 0 Å². The predicted molar refractivity (Wildman–Crippen MR) is 121 cm³/mol. The smallest absolute Gasteiger partial charge is 0.191 e. The summed E-state index contributed by atoms with van der Waals surface area (Å²) in [7, 11) is 5.53. The van der Waals surface area contributed by atoms with Gasteiger partial charge in [0.2, 0.25) is 0 Å². The first-order valence-corrected chi connectivity index (χ1v) is 9.38. The molecule has 0 spiro atoms. The predicted octanol–water partition coefficient (Wildman–Crippen LogP) is 2.29. The Hall–Kier alpha value is -1.20. The fourth-order valence-electron chi connectivity index (χ4n) is 3.14. The van der Waals surface area contributed by atoms with Crippen molar-refractivity contribution in [2.45, 2.75) is 18.9 Å². The number of rotatable bonds is 9. The largest absolute Gasteiger partial charge is 0.383 e. The lowest BCUT2D eigenvalue weighted by atomic mass is 10.2.